The molecule has 0 nitrogen and oxygen atoms in total. The molecule has 1 atom stereocenters. The minimum atomic E-state index is -2.72. The molecule has 4 aromatic carbocycles. The molecule has 0 amide bonds. The number of rotatable bonds is 3. The summed E-state index contributed by atoms with van der Waals surface area (Å²) in [6.07, 6.45) is 6.29. The van der Waals surface area contributed by atoms with Gasteiger partial charge in [0, 0.05) is 0 Å². The van der Waals surface area contributed by atoms with Gasteiger partial charge in [0.05, 0.1) is 0 Å². The summed E-state index contributed by atoms with van der Waals surface area (Å²) in [6.45, 7) is 31.2. The molecule has 0 N–H and O–H groups in total. The molecular formula is C45H54Cl2Zr. The van der Waals surface area contributed by atoms with E-state index in [0.717, 1.165) is 6.42 Å². The largest absolute Gasteiger partial charge is 1.00 e. The van der Waals surface area contributed by atoms with Crippen LogP contribution in [0.15, 0.2) is 81.7 Å². The van der Waals surface area contributed by atoms with E-state index in [2.05, 4.69) is 163 Å². The summed E-state index contributed by atoms with van der Waals surface area (Å²) in [5, 5.41) is 2.66. The van der Waals surface area contributed by atoms with Gasteiger partial charge in [-0.05, 0) is 0 Å². The van der Waals surface area contributed by atoms with Crippen LogP contribution in [0, 0.1) is 25.2 Å². The number of fused-ring (bicyclic) bond motifs is 4. The van der Waals surface area contributed by atoms with Crippen LogP contribution in [0.25, 0.3) is 21.9 Å². The van der Waals surface area contributed by atoms with Crippen LogP contribution in [0.4, 0.5) is 0 Å². The SMILES string of the molecule is C/[C](c1ccc2ccccc2c1)=[Zr+2](\[C]1=CC(C(C)(C)C)=CC1C)[c]1c(C)c(C(C)(C)C)cc2c1Cc1cc(C)c(C(C)(C)C)cc1-2.[Cl-].[Cl-]. The molecule has 0 bridgehead atoms. The van der Waals surface area contributed by atoms with E-state index < -0.39 is 21.3 Å². The number of aryl methyl sites for hydroxylation is 1. The topological polar surface area (TPSA) is 0 Å². The van der Waals surface area contributed by atoms with Crippen LogP contribution in [0.1, 0.15) is 115 Å². The molecule has 1 unspecified atom stereocenters. The third-order valence-corrected chi connectivity index (χ3v) is 19.0. The second-order valence-corrected chi connectivity index (χ2v) is 23.6. The van der Waals surface area contributed by atoms with Gasteiger partial charge in [-0.3, -0.25) is 0 Å². The standard InChI is InChI=1S/C23H29.C12H10.C10H15.2ClH.Zr/c1-14-9-16-11-17-10-15(2)21(23(6,7)8)13-19(17)18(16)12-20(14)22(3,4)5;1-2-10-7-8-11-5-3-4-6-12(11)9-10;1-8-5-6-9(7-8)10(2,3)4;;;/h9,12-13H,11H2,1-8H3;3-9H,1H3;6-8H,1-4H3;2*1H;/q;;;;;+2/p-2. The molecule has 0 fully saturated rings. The van der Waals surface area contributed by atoms with Crippen molar-refractivity contribution in [3.8, 4) is 11.1 Å². The molecule has 0 aromatic heterocycles. The number of hydrogen-bond acceptors (Lipinski definition) is 0. The van der Waals surface area contributed by atoms with Gasteiger partial charge < -0.3 is 24.8 Å². The fourth-order valence-corrected chi connectivity index (χ4v) is 16.5. The van der Waals surface area contributed by atoms with Crippen molar-refractivity contribution in [1.82, 2.24) is 0 Å². The number of hydrogen-bond donors (Lipinski definition) is 0. The maximum atomic E-state index is 2.66. The predicted octanol–water partition coefficient (Wildman–Crippen LogP) is 5.62. The smallest absolute Gasteiger partial charge is 1.00 e. The number of halogens is 2. The van der Waals surface area contributed by atoms with Gasteiger partial charge in [-0.2, -0.15) is 0 Å². The summed E-state index contributed by atoms with van der Waals surface area (Å²) >= 11 is -2.72. The zero-order valence-electron chi connectivity index (χ0n) is 31.5. The van der Waals surface area contributed by atoms with Crippen molar-refractivity contribution in [2.45, 2.75) is 107 Å². The quantitative estimate of drug-likeness (QED) is 0.225. The van der Waals surface area contributed by atoms with Crippen LogP contribution >= 0.6 is 0 Å². The zero-order valence-corrected chi connectivity index (χ0v) is 35.4. The summed E-state index contributed by atoms with van der Waals surface area (Å²) < 4.78 is 5.12. The third kappa shape index (κ3) is 6.96. The number of benzene rings is 4. The average molecular weight is 757 g/mol. The van der Waals surface area contributed by atoms with Crippen molar-refractivity contribution >= 4 is 17.2 Å². The third-order valence-electron chi connectivity index (χ3n) is 10.6. The van der Waals surface area contributed by atoms with E-state index in [1.807, 2.05) is 0 Å². The Morgan fingerprint density at radius 1 is 0.708 bits per heavy atom. The molecule has 0 saturated heterocycles. The molecule has 0 heterocycles. The van der Waals surface area contributed by atoms with Gasteiger partial charge in [0.2, 0.25) is 0 Å². The van der Waals surface area contributed by atoms with Gasteiger partial charge in [0.15, 0.2) is 0 Å². The zero-order chi connectivity index (χ0) is 33.5. The van der Waals surface area contributed by atoms with Crippen molar-refractivity contribution in [2.24, 2.45) is 11.3 Å². The summed E-state index contributed by atoms with van der Waals surface area (Å²) in [5.74, 6) is 0.464. The van der Waals surface area contributed by atoms with E-state index in [1.54, 1.807) is 20.9 Å². The minimum Gasteiger partial charge on any atom is -1.00 e. The van der Waals surface area contributed by atoms with Gasteiger partial charge >= 0.3 is 289 Å². The summed E-state index contributed by atoms with van der Waals surface area (Å²) in [5.41, 5.74) is 15.4. The van der Waals surface area contributed by atoms with E-state index in [1.165, 1.54) is 55.3 Å². The fraction of sp³-hybridized carbons (Fsp3) is 0.400. The van der Waals surface area contributed by atoms with Gasteiger partial charge in [-0.1, -0.05) is 0 Å². The van der Waals surface area contributed by atoms with Crippen molar-refractivity contribution in [3.05, 3.63) is 121 Å². The second kappa shape index (κ2) is 13.6. The Kier molecular flexibility index (Phi) is 11.0. The molecule has 2 aliphatic rings. The Bertz CT molecular complexity index is 2000. The van der Waals surface area contributed by atoms with Crippen molar-refractivity contribution in [3.63, 3.8) is 0 Å². The minimum absolute atomic E-state index is 0. The van der Waals surface area contributed by atoms with Crippen LogP contribution in [-0.2, 0) is 38.5 Å². The predicted molar refractivity (Wildman–Crippen MR) is 200 cm³/mol. The van der Waals surface area contributed by atoms with Crippen LogP contribution < -0.4 is 28.1 Å². The van der Waals surface area contributed by atoms with E-state index in [4.69, 9.17) is 0 Å². The maximum absolute atomic E-state index is 2.72. The Morgan fingerprint density at radius 3 is 1.90 bits per heavy atom. The first-order valence-corrected chi connectivity index (χ1v) is 21.0. The van der Waals surface area contributed by atoms with Gasteiger partial charge in [-0.25, -0.2) is 0 Å². The average Bonchev–Trinajstić information content (AvgIpc) is 3.52. The normalized spacial score (nSPS) is 16.0. The summed E-state index contributed by atoms with van der Waals surface area (Å²) in [4.78, 5) is 0. The van der Waals surface area contributed by atoms with Crippen molar-refractivity contribution in [2.75, 3.05) is 0 Å². The molecule has 0 radical (unpaired) electrons. The molecule has 252 valence electrons. The van der Waals surface area contributed by atoms with Crippen LogP contribution in [0.5, 0.6) is 0 Å². The van der Waals surface area contributed by atoms with Gasteiger partial charge in [0.25, 0.3) is 0 Å². The van der Waals surface area contributed by atoms with E-state index in [-0.39, 0.29) is 41.1 Å². The van der Waals surface area contributed by atoms with Crippen molar-refractivity contribution in [1.29, 1.82) is 0 Å². The first-order valence-electron chi connectivity index (χ1n) is 17.3. The first kappa shape index (κ1) is 38.8. The Hall–Kier alpha value is -2.05. The van der Waals surface area contributed by atoms with Gasteiger partial charge in [-0.15, -0.1) is 0 Å². The van der Waals surface area contributed by atoms with Crippen molar-refractivity contribution < 1.29 is 46.1 Å². The molecule has 3 heteroatoms. The molecule has 6 rings (SSSR count). The Balaban J connectivity index is 0.00000260. The second-order valence-electron chi connectivity index (χ2n) is 17.3. The van der Waals surface area contributed by atoms with E-state index >= 15 is 0 Å². The number of allylic oxidation sites excluding steroid dienone is 4. The molecule has 0 spiro atoms. The van der Waals surface area contributed by atoms with Crippen LogP contribution in [0.2, 0.25) is 0 Å². The first-order chi connectivity index (χ1) is 21.4. The summed E-state index contributed by atoms with van der Waals surface area (Å²) in [6, 6.07) is 23.7. The maximum Gasteiger partial charge on any atom is -1.00 e. The molecule has 0 aliphatic heterocycles. The molecular weight excluding hydrogens is 703 g/mol. The monoisotopic (exact) mass is 754 g/mol. The molecule has 4 aromatic rings. The molecule has 2 aliphatic carbocycles. The Labute approximate surface area is 311 Å². The van der Waals surface area contributed by atoms with Crippen LogP contribution in [-0.4, -0.2) is 3.21 Å². The Morgan fingerprint density at radius 2 is 1.31 bits per heavy atom. The van der Waals surface area contributed by atoms with Crippen LogP contribution in [0.3, 0.4) is 0 Å². The molecule has 48 heavy (non-hydrogen) atoms. The summed E-state index contributed by atoms with van der Waals surface area (Å²) in [7, 11) is 0. The van der Waals surface area contributed by atoms with E-state index in [9.17, 15) is 0 Å². The van der Waals surface area contributed by atoms with E-state index in [0.29, 0.717) is 5.92 Å². The fourth-order valence-electron chi connectivity index (χ4n) is 8.13. The van der Waals surface area contributed by atoms with Gasteiger partial charge in [0.1, 0.15) is 0 Å². The molecule has 0 saturated carbocycles.